The smallest absolute Gasteiger partial charge is 0.251 e. The van der Waals surface area contributed by atoms with Gasteiger partial charge in [0, 0.05) is 24.6 Å². The van der Waals surface area contributed by atoms with E-state index in [1.54, 1.807) is 13.8 Å². The summed E-state index contributed by atoms with van der Waals surface area (Å²) in [7, 11) is -2.43. The summed E-state index contributed by atoms with van der Waals surface area (Å²) in [6.07, 6.45) is 3.03. The molecule has 0 bridgehead atoms. The Morgan fingerprint density at radius 2 is 1.97 bits per heavy atom. The van der Waals surface area contributed by atoms with E-state index < -0.39 is 15.9 Å². The quantitative estimate of drug-likeness (QED) is 0.704. The number of ether oxygens (including phenoxy) is 1. The van der Waals surface area contributed by atoms with Gasteiger partial charge in [-0.1, -0.05) is 0 Å². The second kappa shape index (κ2) is 8.50. The Morgan fingerprint density at radius 3 is 2.66 bits per heavy atom. The Morgan fingerprint density at radius 1 is 1.21 bits per heavy atom. The SMILES string of the molecule is COc1ccc(C(=O)NC(C)c2nnc3n2CCCC3)cc1S(=O)(=O)NC(C)C. The zero-order valence-electron chi connectivity index (χ0n) is 17.1. The highest BCUT2D eigenvalue weighted by Gasteiger charge is 2.25. The summed E-state index contributed by atoms with van der Waals surface area (Å²) < 4.78 is 35.0. The number of sulfonamides is 1. The number of methoxy groups -OCH3 is 1. The summed E-state index contributed by atoms with van der Waals surface area (Å²) in [5.41, 5.74) is 0.222. The standard InChI is InChI=1S/C19H27N5O4S/c1-12(2)23-29(26,27)16-11-14(8-9-15(16)28-4)19(25)20-13(3)18-22-21-17-7-5-6-10-24(17)18/h8-9,11-13,23H,5-7,10H2,1-4H3,(H,20,25). The molecule has 0 fully saturated rings. The average Bonchev–Trinajstić information content (AvgIpc) is 3.10. The molecule has 1 unspecified atom stereocenters. The van der Waals surface area contributed by atoms with Crippen LogP contribution in [0, 0.1) is 0 Å². The number of amides is 1. The number of rotatable bonds is 7. The molecule has 29 heavy (non-hydrogen) atoms. The molecule has 1 amide bonds. The highest BCUT2D eigenvalue weighted by atomic mass is 32.2. The van der Waals surface area contributed by atoms with Crippen molar-refractivity contribution in [3.05, 3.63) is 35.4 Å². The largest absolute Gasteiger partial charge is 0.495 e. The van der Waals surface area contributed by atoms with Gasteiger partial charge in [-0.05, 0) is 51.8 Å². The van der Waals surface area contributed by atoms with Crippen LogP contribution in [0.1, 0.15) is 61.7 Å². The topological polar surface area (TPSA) is 115 Å². The summed E-state index contributed by atoms with van der Waals surface area (Å²) in [5.74, 6) is 1.42. The van der Waals surface area contributed by atoms with Gasteiger partial charge in [0.05, 0.1) is 13.2 Å². The number of fused-ring (bicyclic) bond motifs is 1. The summed E-state index contributed by atoms with van der Waals surface area (Å²) in [5, 5.41) is 11.3. The average molecular weight is 422 g/mol. The first-order chi connectivity index (χ1) is 13.7. The van der Waals surface area contributed by atoms with Gasteiger partial charge in [-0.25, -0.2) is 13.1 Å². The van der Waals surface area contributed by atoms with E-state index in [2.05, 4.69) is 20.2 Å². The molecule has 0 saturated heterocycles. The van der Waals surface area contributed by atoms with E-state index in [9.17, 15) is 13.2 Å². The fraction of sp³-hybridized carbons (Fsp3) is 0.526. The molecule has 0 aliphatic carbocycles. The third-order valence-corrected chi connectivity index (χ3v) is 6.41. The molecule has 3 rings (SSSR count). The lowest BCUT2D eigenvalue weighted by Gasteiger charge is -2.19. The molecule has 9 nitrogen and oxygen atoms in total. The second-order valence-corrected chi connectivity index (χ2v) is 9.10. The molecule has 0 spiro atoms. The maximum atomic E-state index is 12.8. The number of aryl methyl sites for hydroxylation is 1. The molecule has 0 saturated carbocycles. The van der Waals surface area contributed by atoms with Crippen molar-refractivity contribution < 1.29 is 17.9 Å². The minimum Gasteiger partial charge on any atom is -0.495 e. The third kappa shape index (κ3) is 4.59. The van der Waals surface area contributed by atoms with Crippen molar-refractivity contribution in [2.45, 2.75) is 63.6 Å². The van der Waals surface area contributed by atoms with Crippen LogP contribution in [0.3, 0.4) is 0 Å². The van der Waals surface area contributed by atoms with E-state index in [0.717, 1.165) is 31.6 Å². The van der Waals surface area contributed by atoms with Crippen LogP contribution in [0.25, 0.3) is 0 Å². The molecule has 2 N–H and O–H groups in total. The van der Waals surface area contributed by atoms with Crippen molar-refractivity contribution in [1.29, 1.82) is 0 Å². The first-order valence-electron chi connectivity index (χ1n) is 9.66. The molecule has 0 radical (unpaired) electrons. The van der Waals surface area contributed by atoms with Crippen LogP contribution < -0.4 is 14.8 Å². The van der Waals surface area contributed by atoms with Gasteiger partial charge < -0.3 is 14.6 Å². The predicted octanol–water partition coefficient (Wildman–Crippen LogP) is 1.80. The molecule has 158 valence electrons. The Hall–Kier alpha value is -2.46. The Bertz CT molecular complexity index is 1000. The van der Waals surface area contributed by atoms with Gasteiger partial charge in [0.2, 0.25) is 10.0 Å². The highest BCUT2D eigenvalue weighted by molar-refractivity contribution is 7.89. The molecular formula is C19H27N5O4S. The lowest BCUT2D eigenvalue weighted by atomic mass is 10.1. The summed E-state index contributed by atoms with van der Waals surface area (Å²) >= 11 is 0. The Balaban J connectivity index is 1.84. The van der Waals surface area contributed by atoms with E-state index in [0.29, 0.717) is 5.82 Å². The Kier molecular flexibility index (Phi) is 6.23. The molecular weight excluding hydrogens is 394 g/mol. The van der Waals surface area contributed by atoms with Crippen LogP contribution in [0.2, 0.25) is 0 Å². The second-order valence-electron chi connectivity index (χ2n) is 7.42. The number of aromatic nitrogens is 3. The maximum Gasteiger partial charge on any atom is 0.251 e. The molecule has 1 aliphatic rings. The summed E-state index contributed by atoms with van der Waals surface area (Å²) in [6.45, 7) is 6.12. The number of hydrogen-bond acceptors (Lipinski definition) is 6. The van der Waals surface area contributed by atoms with Crippen LogP contribution in [0.4, 0.5) is 0 Å². The first-order valence-corrected chi connectivity index (χ1v) is 11.1. The van der Waals surface area contributed by atoms with E-state index >= 15 is 0 Å². The fourth-order valence-electron chi connectivity index (χ4n) is 3.40. The fourth-order valence-corrected chi connectivity index (χ4v) is 4.84. The van der Waals surface area contributed by atoms with Gasteiger partial charge >= 0.3 is 0 Å². The number of hydrogen-bond donors (Lipinski definition) is 2. The minimum atomic E-state index is -3.82. The van der Waals surface area contributed by atoms with Gasteiger partial charge in [0.1, 0.15) is 16.5 Å². The molecule has 1 aliphatic heterocycles. The van der Waals surface area contributed by atoms with Crippen molar-refractivity contribution in [3.8, 4) is 5.75 Å². The highest BCUT2D eigenvalue weighted by Crippen LogP contribution is 2.26. The molecule has 1 atom stereocenters. The van der Waals surface area contributed by atoms with Crippen molar-refractivity contribution >= 4 is 15.9 Å². The van der Waals surface area contributed by atoms with Gasteiger partial charge in [-0.2, -0.15) is 0 Å². The monoisotopic (exact) mass is 421 g/mol. The summed E-state index contributed by atoms with van der Waals surface area (Å²) in [4.78, 5) is 12.7. The van der Waals surface area contributed by atoms with Crippen molar-refractivity contribution in [1.82, 2.24) is 24.8 Å². The molecule has 10 heteroatoms. The van der Waals surface area contributed by atoms with Crippen molar-refractivity contribution in [2.24, 2.45) is 0 Å². The van der Waals surface area contributed by atoms with Gasteiger partial charge in [0.15, 0.2) is 5.82 Å². The zero-order valence-corrected chi connectivity index (χ0v) is 17.9. The van der Waals surface area contributed by atoms with Gasteiger partial charge in [-0.3, -0.25) is 4.79 Å². The molecule has 1 aromatic heterocycles. The van der Waals surface area contributed by atoms with Crippen molar-refractivity contribution in [2.75, 3.05) is 7.11 Å². The van der Waals surface area contributed by atoms with E-state index in [1.165, 1.54) is 25.3 Å². The third-order valence-electron chi connectivity index (χ3n) is 4.73. The number of nitrogens with one attached hydrogen (secondary N) is 2. The van der Waals surface area contributed by atoms with Gasteiger partial charge in [-0.15, -0.1) is 10.2 Å². The number of nitrogens with zero attached hydrogens (tertiary/aromatic N) is 3. The number of benzene rings is 1. The lowest BCUT2D eigenvalue weighted by Crippen LogP contribution is -2.32. The first kappa shape index (κ1) is 21.3. The normalized spacial score (nSPS) is 15.1. The van der Waals surface area contributed by atoms with Gasteiger partial charge in [0.25, 0.3) is 5.91 Å². The predicted molar refractivity (Wildman–Crippen MR) is 107 cm³/mol. The van der Waals surface area contributed by atoms with E-state index in [1.807, 2.05) is 11.5 Å². The van der Waals surface area contributed by atoms with Crippen LogP contribution in [0.15, 0.2) is 23.1 Å². The molecule has 1 aromatic carbocycles. The summed E-state index contributed by atoms with van der Waals surface area (Å²) in [6, 6.07) is 3.69. The maximum absolute atomic E-state index is 12.8. The minimum absolute atomic E-state index is 0.0751. The molecule has 2 heterocycles. The van der Waals surface area contributed by atoms with Crippen LogP contribution in [-0.4, -0.2) is 42.2 Å². The molecule has 2 aromatic rings. The zero-order chi connectivity index (χ0) is 21.2. The van der Waals surface area contributed by atoms with Crippen molar-refractivity contribution in [3.63, 3.8) is 0 Å². The number of carbonyl (C=O) groups is 1. The Labute approximate surface area is 170 Å². The number of carbonyl (C=O) groups excluding carboxylic acids is 1. The lowest BCUT2D eigenvalue weighted by molar-refractivity contribution is 0.0937. The van der Waals surface area contributed by atoms with E-state index in [4.69, 9.17) is 4.74 Å². The van der Waals surface area contributed by atoms with Crippen LogP contribution >= 0.6 is 0 Å². The van der Waals surface area contributed by atoms with Crippen LogP contribution in [-0.2, 0) is 23.0 Å². The van der Waals surface area contributed by atoms with Crippen LogP contribution in [0.5, 0.6) is 5.75 Å². The van der Waals surface area contributed by atoms with E-state index in [-0.39, 0.29) is 28.3 Å².